The molecular weight excluding hydrogens is 558 g/mol. The van der Waals surface area contributed by atoms with Crippen LogP contribution in [0.3, 0.4) is 0 Å². The molecule has 0 aliphatic carbocycles. The first kappa shape index (κ1) is 26.7. The number of benzene rings is 3. The van der Waals surface area contributed by atoms with E-state index in [2.05, 4.69) is 15.0 Å². The summed E-state index contributed by atoms with van der Waals surface area (Å²) < 4.78 is 4.51. The Morgan fingerprint density at radius 1 is 0.953 bits per heavy atom. The quantitative estimate of drug-likeness (QED) is 0.262. The number of anilines is 1. The number of nitrogens with zero attached hydrogens (tertiary/aromatic N) is 6. The second-order valence-corrected chi connectivity index (χ2v) is 11.8. The molecule has 0 bridgehead atoms. The van der Waals surface area contributed by atoms with Crippen molar-refractivity contribution in [2.24, 2.45) is 0 Å². The Morgan fingerprint density at radius 2 is 1.77 bits per heavy atom. The van der Waals surface area contributed by atoms with Gasteiger partial charge in [-0.25, -0.2) is 19.6 Å². The van der Waals surface area contributed by atoms with Crippen LogP contribution in [0.25, 0.3) is 49.0 Å². The molecule has 0 radical (unpaired) electrons. The fraction of sp³-hybridized carbons (Fsp3) is 0.152. The number of nitrogen functional groups attached to an aromatic ring is 1. The Labute approximate surface area is 250 Å². The van der Waals surface area contributed by atoms with Gasteiger partial charge in [-0.3, -0.25) is 14.2 Å². The number of hydrogen-bond acceptors (Lipinski definition) is 8. The minimum absolute atomic E-state index is 0.0713. The number of rotatable bonds is 6. The Kier molecular flexibility index (Phi) is 6.36. The Bertz CT molecular complexity index is 2300. The lowest BCUT2D eigenvalue weighted by Gasteiger charge is -2.17. The molecule has 0 aliphatic heterocycles. The number of aryl methyl sites for hydroxylation is 2. The maximum atomic E-state index is 14.1. The lowest BCUT2D eigenvalue weighted by molar-refractivity contribution is -0.116. The smallest absolute Gasteiger partial charge is 0.263 e. The monoisotopic (exact) mass is 585 g/mol. The van der Waals surface area contributed by atoms with Crippen LogP contribution in [0, 0.1) is 13.8 Å². The van der Waals surface area contributed by atoms with Gasteiger partial charge in [0.05, 0.1) is 39.6 Å². The molecular formula is C33H27N7O2S. The van der Waals surface area contributed by atoms with Crippen molar-refractivity contribution in [2.75, 3.05) is 5.73 Å². The average Bonchev–Trinajstić information content (AvgIpc) is 3.54. The van der Waals surface area contributed by atoms with Gasteiger partial charge in [0.1, 0.15) is 28.6 Å². The molecule has 0 spiro atoms. The molecule has 0 saturated carbocycles. The number of nitrogens with two attached hydrogens (primary N) is 1. The van der Waals surface area contributed by atoms with Gasteiger partial charge in [0, 0.05) is 11.3 Å². The predicted molar refractivity (Wildman–Crippen MR) is 171 cm³/mol. The third-order valence-electron chi connectivity index (χ3n) is 7.66. The molecule has 0 aliphatic rings. The highest BCUT2D eigenvalue weighted by molar-refractivity contribution is 7.18. The van der Waals surface area contributed by atoms with E-state index in [4.69, 9.17) is 10.8 Å². The molecule has 4 aromatic heterocycles. The lowest BCUT2D eigenvalue weighted by atomic mass is 10.1. The van der Waals surface area contributed by atoms with E-state index in [0.29, 0.717) is 34.4 Å². The van der Waals surface area contributed by atoms with Crippen LogP contribution in [0.5, 0.6) is 0 Å². The van der Waals surface area contributed by atoms with E-state index in [1.54, 1.807) is 16.2 Å². The van der Waals surface area contributed by atoms with Crippen LogP contribution in [0.1, 0.15) is 28.8 Å². The first-order valence-electron chi connectivity index (χ1n) is 13.8. The highest BCUT2D eigenvalue weighted by Crippen LogP contribution is 2.34. The van der Waals surface area contributed by atoms with E-state index in [1.165, 1.54) is 17.7 Å². The van der Waals surface area contributed by atoms with Crippen LogP contribution in [0.15, 0.2) is 77.9 Å². The molecule has 43 heavy (non-hydrogen) atoms. The number of Topliss-reactive ketones (excluding diaryl/α,β-unsaturated/α-hetero) is 1. The maximum absolute atomic E-state index is 14.1. The molecule has 4 heterocycles. The number of carbonyl (C=O) groups is 1. The zero-order valence-corrected chi connectivity index (χ0v) is 24.6. The summed E-state index contributed by atoms with van der Waals surface area (Å²) in [6.07, 6.45) is 1.74. The molecule has 7 aromatic rings. The third kappa shape index (κ3) is 4.56. The normalized spacial score (nSPS) is 11.6. The average molecular weight is 586 g/mol. The van der Waals surface area contributed by atoms with Crippen molar-refractivity contribution in [1.29, 1.82) is 0 Å². The molecule has 0 saturated heterocycles. The van der Waals surface area contributed by atoms with Crippen molar-refractivity contribution in [3.05, 3.63) is 105 Å². The van der Waals surface area contributed by atoms with Gasteiger partial charge in [-0.15, -0.1) is 11.3 Å². The molecule has 3 aromatic carbocycles. The SMILES string of the molecule is CC(=O)Cc1nc2ccc(-c3nn(Cc4cc5cccc(C)c5c(=O)n4-c4ccccc4C)c4ncnc(N)c34)cc2s1. The van der Waals surface area contributed by atoms with E-state index in [1.807, 2.05) is 80.6 Å². The molecule has 2 N–H and O–H groups in total. The fourth-order valence-electron chi connectivity index (χ4n) is 5.69. The summed E-state index contributed by atoms with van der Waals surface area (Å²) in [5.74, 6) is 0.389. The number of para-hydroxylation sites is 1. The number of carbonyl (C=O) groups excluding carboxylic acids is 1. The molecule has 0 fully saturated rings. The molecule has 212 valence electrons. The lowest BCUT2D eigenvalue weighted by Crippen LogP contribution is -2.25. The van der Waals surface area contributed by atoms with Crippen molar-refractivity contribution in [3.8, 4) is 16.9 Å². The summed E-state index contributed by atoms with van der Waals surface area (Å²) in [4.78, 5) is 39.2. The zero-order chi connectivity index (χ0) is 29.8. The summed E-state index contributed by atoms with van der Waals surface area (Å²) in [7, 11) is 0. The fourth-order valence-corrected chi connectivity index (χ4v) is 6.77. The molecule has 0 amide bonds. The number of hydrogen-bond donors (Lipinski definition) is 1. The summed E-state index contributed by atoms with van der Waals surface area (Å²) in [6, 6.07) is 21.7. The van der Waals surface area contributed by atoms with E-state index >= 15 is 0 Å². The predicted octanol–water partition coefficient (Wildman–Crippen LogP) is 5.79. The standard InChI is InChI=1S/C33H27N7O2S/c1-18-7-4-5-10-25(18)40-23(14-21-9-6-8-19(2)28(21)33(40)42)16-39-32-29(31(34)35-17-36-32)30(38-39)22-11-12-24-26(15-22)43-27(37-24)13-20(3)41/h4-12,14-15,17H,13,16H2,1-3H3,(H2,34,35,36). The molecule has 7 rings (SSSR count). The summed E-state index contributed by atoms with van der Waals surface area (Å²) in [5.41, 5.74) is 12.7. The second-order valence-electron chi connectivity index (χ2n) is 10.7. The van der Waals surface area contributed by atoms with Gasteiger partial charge in [-0.1, -0.05) is 42.5 Å². The van der Waals surface area contributed by atoms with Crippen molar-refractivity contribution < 1.29 is 4.79 Å². The first-order chi connectivity index (χ1) is 20.8. The topological polar surface area (TPSA) is 122 Å². The van der Waals surface area contributed by atoms with Crippen LogP contribution < -0.4 is 11.3 Å². The van der Waals surface area contributed by atoms with Gasteiger partial charge in [0.15, 0.2) is 5.65 Å². The Morgan fingerprint density at radius 3 is 2.58 bits per heavy atom. The highest BCUT2D eigenvalue weighted by atomic mass is 32.1. The Hall–Kier alpha value is -5.22. The van der Waals surface area contributed by atoms with Crippen LogP contribution >= 0.6 is 11.3 Å². The van der Waals surface area contributed by atoms with Crippen LogP contribution in [-0.4, -0.2) is 35.1 Å². The second kappa shape index (κ2) is 10.2. The number of thiazole rings is 1. The van der Waals surface area contributed by atoms with E-state index in [9.17, 15) is 9.59 Å². The van der Waals surface area contributed by atoms with Gasteiger partial charge in [0.25, 0.3) is 5.56 Å². The Balaban J connectivity index is 1.43. The largest absolute Gasteiger partial charge is 0.383 e. The van der Waals surface area contributed by atoms with Crippen molar-refractivity contribution in [1.82, 2.24) is 29.3 Å². The minimum Gasteiger partial charge on any atom is -0.383 e. The van der Waals surface area contributed by atoms with Gasteiger partial charge in [-0.05, 0) is 61.5 Å². The van der Waals surface area contributed by atoms with Crippen molar-refractivity contribution in [3.63, 3.8) is 0 Å². The number of fused-ring (bicyclic) bond motifs is 3. The minimum atomic E-state index is -0.0808. The molecule has 0 unspecified atom stereocenters. The van der Waals surface area contributed by atoms with E-state index in [0.717, 1.165) is 48.7 Å². The van der Waals surface area contributed by atoms with Crippen LogP contribution in [0.4, 0.5) is 5.82 Å². The first-order valence-corrected chi connectivity index (χ1v) is 14.7. The van der Waals surface area contributed by atoms with Crippen molar-refractivity contribution >= 4 is 55.0 Å². The van der Waals surface area contributed by atoms with Crippen LogP contribution in [-0.2, 0) is 17.8 Å². The van der Waals surface area contributed by atoms with Crippen molar-refractivity contribution in [2.45, 2.75) is 33.7 Å². The number of pyridine rings is 1. The number of ketones is 1. The van der Waals surface area contributed by atoms with Crippen LogP contribution in [0.2, 0.25) is 0 Å². The summed E-state index contributed by atoms with van der Waals surface area (Å²) >= 11 is 1.49. The van der Waals surface area contributed by atoms with E-state index < -0.39 is 0 Å². The van der Waals surface area contributed by atoms with Gasteiger partial charge >= 0.3 is 0 Å². The summed E-state index contributed by atoms with van der Waals surface area (Å²) in [6.45, 7) is 5.79. The molecule has 9 nitrogen and oxygen atoms in total. The third-order valence-corrected chi connectivity index (χ3v) is 8.68. The van der Waals surface area contributed by atoms with Gasteiger partial charge in [0.2, 0.25) is 0 Å². The maximum Gasteiger partial charge on any atom is 0.263 e. The van der Waals surface area contributed by atoms with Gasteiger partial charge in [-0.2, -0.15) is 5.10 Å². The molecule has 0 atom stereocenters. The van der Waals surface area contributed by atoms with E-state index in [-0.39, 0.29) is 17.9 Å². The summed E-state index contributed by atoms with van der Waals surface area (Å²) in [5, 5.41) is 7.98. The molecule has 10 heteroatoms. The zero-order valence-electron chi connectivity index (χ0n) is 23.8. The highest BCUT2D eigenvalue weighted by Gasteiger charge is 2.21. The number of aromatic nitrogens is 6. The van der Waals surface area contributed by atoms with Gasteiger partial charge < -0.3 is 5.73 Å².